The van der Waals surface area contributed by atoms with Crippen molar-refractivity contribution in [1.29, 1.82) is 0 Å². The fourth-order valence-electron chi connectivity index (χ4n) is 9.11. The standard InChI is InChI=1S/C51H42N2S.C6H6/c1-7-17-34(8-2)50-49(42-27-24-36(30-46(42)52(50)6)35-18-11-9-12-19-35)48-33(3)54-47-29-26-38(31-43(47)48)53(37-20-13-10-14-21-37)39-25-28-41-40-22-15-16-23-44(40)51(4,5)45(41)32-39;1-2-4-6-5-3-1/h7-32H,1-2H2,3-6H3;1-6H/b34-17+;. The van der Waals surface area contributed by atoms with Gasteiger partial charge in [0, 0.05) is 66.5 Å². The van der Waals surface area contributed by atoms with Crippen molar-refractivity contribution in [3.8, 4) is 33.4 Å². The molecular formula is C57H48N2S. The largest absolute Gasteiger partial charge is 0.343 e. The highest BCUT2D eigenvalue weighted by Crippen LogP contribution is 2.52. The van der Waals surface area contributed by atoms with Crippen LogP contribution in [-0.4, -0.2) is 4.57 Å². The molecule has 9 aromatic rings. The van der Waals surface area contributed by atoms with E-state index in [-0.39, 0.29) is 5.41 Å². The van der Waals surface area contributed by atoms with Crippen LogP contribution in [0.15, 0.2) is 207 Å². The van der Waals surface area contributed by atoms with Crippen LogP contribution >= 0.6 is 11.3 Å². The molecule has 0 atom stereocenters. The molecule has 1 aliphatic rings. The normalized spacial score (nSPS) is 12.7. The first-order valence-corrected chi connectivity index (χ1v) is 21.4. The predicted octanol–water partition coefficient (Wildman–Crippen LogP) is 16.3. The van der Waals surface area contributed by atoms with Crippen LogP contribution in [0.3, 0.4) is 0 Å². The molecule has 3 heteroatoms. The maximum absolute atomic E-state index is 4.26. The highest BCUT2D eigenvalue weighted by molar-refractivity contribution is 7.19. The van der Waals surface area contributed by atoms with E-state index in [0.29, 0.717) is 0 Å². The molecule has 0 aliphatic heterocycles. The summed E-state index contributed by atoms with van der Waals surface area (Å²) in [4.78, 5) is 3.70. The highest BCUT2D eigenvalue weighted by atomic mass is 32.1. The van der Waals surface area contributed by atoms with E-state index in [1.54, 1.807) is 0 Å². The Morgan fingerprint density at radius 3 is 1.90 bits per heavy atom. The van der Waals surface area contributed by atoms with Crippen molar-refractivity contribution in [2.45, 2.75) is 26.2 Å². The number of para-hydroxylation sites is 1. The number of fused-ring (bicyclic) bond motifs is 5. The van der Waals surface area contributed by atoms with Gasteiger partial charge in [0.15, 0.2) is 0 Å². The lowest BCUT2D eigenvalue weighted by atomic mass is 9.82. The summed E-state index contributed by atoms with van der Waals surface area (Å²) >= 11 is 1.86. The Morgan fingerprint density at radius 2 is 1.20 bits per heavy atom. The number of anilines is 3. The molecule has 0 saturated heterocycles. The van der Waals surface area contributed by atoms with E-state index in [0.717, 1.165) is 28.3 Å². The Bertz CT molecular complexity index is 3030. The minimum absolute atomic E-state index is 0.0984. The highest BCUT2D eigenvalue weighted by Gasteiger charge is 2.36. The van der Waals surface area contributed by atoms with Crippen LogP contribution in [0.25, 0.3) is 59.9 Å². The number of aryl methyl sites for hydroxylation is 2. The maximum Gasteiger partial charge on any atom is 0.0568 e. The SMILES string of the molecule is C=C/C=C(\C=C)c1c(-c2c(C)sc3ccc(N(c4ccccc4)c4ccc5c(c4)C(C)(C)c4ccccc4-5)cc23)c2ccc(-c3ccccc3)cc2n1C.c1ccccc1. The molecule has 0 saturated carbocycles. The van der Waals surface area contributed by atoms with Crippen LogP contribution in [0.2, 0.25) is 0 Å². The number of benzene rings is 7. The zero-order chi connectivity index (χ0) is 41.4. The zero-order valence-corrected chi connectivity index (χ0v) is 35.5. The number of hydrogen-bond acceptors (Lipinski definition) is 2. The van der Waals surface area contributed by atoms with Gasteiger partial charge in [-0.2, -0.15) is 0 Å². The summed E-state index contributed by atoms with van der Waals surface area (Å²) in [6.45, 7) is 15.3. The number of allylic oxidation sites excluding steroid dienone is 4. The van der Waals surface area contributed by atoms with Gasteiger partial charge in [0.2, 0.25) is 0 Å². The van der Waals surface area contributed by atoms with Gasteiger partial charge in [0.05, 0.1) is 5.69 Å². The quantitative estimate of drug-likeness (QED) is 0.139. The fourth-order valence-corrected chi connectivity index (χ4v) is 10.2. The Balaban J connectivity index is 0.000000710. The van der Waals surface area contributed by atoms with Gasteiger partial charge >= 0.3 is 0 Å². The van der Waals surface area contributed by atoms with E-state index in [1.807, 2.05) is 59.9 Å². The van der Waals surface area contributed by atoms with Gasteiger partial charge in [-0.05, 0) is 94.4 Å². The lowest BCUT2D eigenvalue weighted by Gasteiger charge is -2.28. The first-order valence-electron chi connectivity index (χ1n) is 20.6. The topological polar surface area (TPSA) is 8.17 Å². The third-order valence-electron chi connectivity index (χ3n) is 12.0. The van der Waals surface area contributed by atoms with Crippen molar-refractivity contribution in [3.63, 3.8) is 0 Å². The van der Waals surface area contributed by atoms with E-state index in [2.05, 4.69) is 196 Å². The number of hydrogen-bond donors (Lipinski definition) is 0. The number of rotatable bonds is 8. The van der Waals surface area contributed by atoms with E-state index in [1.165, 1.54) is 70.4 Å². The molecule has 10 rings (SSSR count). The van der Waals surface area contributed by atoms with Crippen molar-refractivity contribution in [2.24, 2.45) is 7.05 Å². The molecule has 0 unspecified atom stereocenters. The summed E-state index contributed by atoms with van der Waals surface area (Å²) in [7, 11) is 2.18. The van der Waals surface area contributed by atoms with Crippen molar-refractivity contribution in [3.05, 3.63) is 229 Å². The maximum atomic E-state index is 4.26. The van der Waals surface area contributed by atoms with Gasteiger partial charge in [-0.3, -0.25) is 0 Å². The van der Waals surface area contributed by atoms with E-state index < -0.39 is 0 Å². The molecule has 0 N–H and O–H groups in total. The molecule has 0 radical (unpaired) electrons. The Hall–Kier alpha value is -6.94. The molecule has 2 heterocycles. The average molecular weight is 793 g/mol. The fraction of sp³-hybridized carbons (Fsp3) is 0.0877. The van der Waals surface area contributed by atoms with Gasteiger partial charge in [0.25, 0.3) is 0 Å². The summed E-state index contributed by atoms with van der Waals surface area (Å²) in [5, 5.41) is 2.46. The van der Waals surface area contributed by atoms with E-state index in [9.17, 15) is 0 Å². The average Bonchev–Trinajstić information content (AvgIpc) is 3.86. The van der Waals surface area contributed by atoms with Crippen LogP contribution < -0.4 is 4.90 Å². The molecule has 0 fully saturated rings. The molecule has 292 valence electrons. The van der Waals surface area contributed by atoms with Crippen molar-refractivity contribution < 1.29 is 0 Å². The molecular weight excluding hydrogens is 745 g/mol. The zero-order valence-electron chi connectivity index (χ0n) is 34.7. The molecule has 2 aromatic heterocycles. The third kappa shape index (κ3) is 6.71. The lowest BCUT2D eigenvalue weighted by molar-refractivity contribution is 0.660. The van der Waals surface area contributed by atoms with E-state index >= 15 is 0 Å². The van der Waals surface area contributed by atoms with Crippen LogP contribution in [-0.2, 0) is 12.5 Å². The van der Waals surface area contributed by atoms with E-state index in [4.69, 9.17) is 0 Å². The second-order valence-electron chi connectivity index (χ2n) is 15.9. The number of thiophene rings is 1. The van der Waals surface area contributed by atoms with Gasteiger partial charge in [-0.25, -0.2) is 0 Å². The Kier molecular flexibility index (Phi) is 10.3. The summed E-state index contributed by atoms with van der Waals surface area (Å²) < 4.78 is 3.60. The third-order valence-corrected chi connectivity index (χ3v) is 13.0. The Labute approximate surface area is 358 Å². The van der Waals surface area contributed by atoms with Crippen LogP contribution in [0.1, 0.15) is 35.5 Å². The number of aromatic nitrogens is 1. The van der Waals surface area contributed by atoms with Gasteiger partial charge in [0.1, 0.15) is 0 Å². The first kappa shape index (κ1) is 38.6. The summed E-state index contributed by atoms with van der Waals surface area (Å²) in [6, 6.07) is 63.1. The smallest absolute Gasteiger partial charge is 0.0568 e. The molecule has 0 amide bonds. The van der Waals surface area contributed by atoms with Crippen LogP contribution in [0.4, 0.5) is 17.1 Å². The summed E-state index contributed by atoms with van der Waals surface area (Å²) in [5.41, 5.74) is 17.0. The van der Waals surface area contributed by atoms with Crippen LogP contribution in [0, 0.1) is 6.92 Å². The van der Waals surface area contributed by atoms with Gasteiger partial charge in [-0.1, -0.05) is 173 Å². The van der Waals surface area contributed by atoms with Crippen molar-refractivity contribution in [2.75, 3.05) is 4.90 Å². The molecule has 60 heavy (non-hydrogen) atoms. The monoisotopic (exact) mass is 792 g/mol. The minimum atomic E-state index is -0.0984. The minimum Gasteiger partial charge on any atom is -0.343 e. The molecule has 0 bridgehead atoms. The molecule has 1 aliphatic carbocycles. The van der Waals surface area contributed by atoms with Crippen molar-refractivity contribution >= 4 is 55.0 Å². The Morgan fingerprint density at radius 1 is 0.583 bits per heavy atom. The molecule has 0 spiro atoms. The second-order valence-corrected chi connectivity index (χ2v) is 17.1. The number of nitrogens with zero attached hydrogens (tertiary/aromatic N) is 2. The van der Waals surface area contributed by atoms with Gasteiger partial charge in [-0.15, -0.1) is 11.3 Å². The first-order chi connectivity index (χ1) is 29.3. The molecule has 7 aromatic carbocycles. The summed E-state index contributed by atoms with van der Waals surface area (Å²) in [6.07, 6.45) is 5.89. The predicted molar refractivity (Wildman–Crippen MR) is 261 cm³/mol. The second kappa shape index (κ2) is 16.0. The van der Waals surface area contributed by atoms with Gasteiger partial charge < -0.3 is 9.47 Å². The molecule has 2 nitrogen and oxygen atoms in total. The summed E-state index contributed by atoms with van der Waals surface area (Å²) in [5.74, 6) is 0. The lowest BCUT2D eigenvalue weighted by Crippen LogP contribution is -2.16. The van der Waals surface area contributed by atoms with Crippen molar-refractivity contribution in [1.82, 2.24) is 4.57 Å². The van der Waals surface area contributed by atoms with Crippen LogP contribution in [0.5, 0.6) is 0 Å².